The Morgan fingerprint density at radius 3 is 3.06 bits per heavy atom. The van der Waals surface area contributed by atoms with Crippen molar-refractivity contribution in [3.63, 3.8) is 0 Å². The summed E-state index contributed by atoms with van der Waals surface area (Å²) in [6.07, 6.45) is 0. The van der Waals surface area contributed by atoms with Gasteiger partial charge in [0.25, 0.3) is 0 Å². The van der Waals surface area contributed by atoms with E-state index in [1.807, 2.05) is 22.8 Å². The number of H-pyrrole nitrogens is 1. The van der Waals surface area contributed by atoms with Gasteiger partial charge in [-0.25, -0.2) is 0 Å². The van der Waals surface area contributed by atoms with Crippen molar-refractivity contribution in [2.75, 3.05) is 13.7 Å². The molecule has 2 rings (SSSR count). The summed E-state index contributed by atoms with van der Waals surface area (Å²) >= 11 is 11.0. The van der Waals surface area contributed by atoms with Crippen LogP contribution in [0.25, 0.3) is 11.4 Å². The van der Waals surface area contributed by atoms with Gasteiger partial charge in [0.1, 0.15) is 0 Å². The molecule has 0 aliphatic heterocycles. The predicted octanol–water partition coefficient (Wildman–Crippen LogP) is 3.62. The Hall–Kier alpha value is -0.250. The van der Waals surface area contributed by atoms with Crippen molar-refractivity contribution in [1.82, 2.24) is 14.8 Å². The summed E-state index contributed by atoms with van der Waals surface area (Å²) in [7, 11) is 1.67. The number of methoxy groups -OCH3 is 1. The third kappa shape index (κ3) is 3.01. The van der Waals surface area contributed by atoms with Gasteiger partial charge >= 0.3 is 0 Å². The van der Waals surface area contributed by atoms with Gasteiger partial charge in [-0.2, -0.15) is 5.10 Å². The van der Waals surface area contributed by atoms with Gasteiger partial charge in [-0.3, -0.25) is 9.67 Å². The molecule has 0 radical (unpaired) electrons. The first-order chi connectivity index (χ1) is 8.63. The Bertz CT molecular complexity index is 611. The zero-order chi connectivity index (χ0) is 13.1. The average molecular weight is 440 g/mol. The van der Waals surface area contributed by atoms with E-state index < -0.39 is 0 Å². The van der Waals surface area contributed by atoms with Crippen LogP contribution in [0.15, 0.2) is 22.7 Å². The van der Waals surface area contributed by atoms with E-state index in [1.165, 1.54) is 0 Å². The van der Waals surface area contributed by atoms with E-state index in [1.54, 1.807) is 7.11 Å². The van der Waals surface area contributed by atoms with Gasteiger partial charge < -0.3 is 4.74 Å². The van der Waals surface area contributed by atoms with Crippen LogP contribution >= 0.6 is 50.7 Å². The highest BCUT2D eigenvalue weighted by atomic mass is 127. The zero-order valence-corrected chi connectivity index (χ0v) is 14.2. The fourth-order valence-electron chi connectivity index (χ4n) is 1.58. The molecular weight excluding hydrogens is 429 g/mol. The van der Waals surface area contributed by atoms with Crippen molar-refractivity contribution in [3.05, 3.63) is 31.0 Å². The van der Waals surface area contributed by atoms with Gasteiger partial charge in [0.15, 0.2) is 10.6 Å². The highest BCUT2D eigenvalue weighted by Gasteiger charge is 2.12. The van der Waals surface area contributed by atoms with Crippen molar-refractivity contribution in [1.29, 1.82) is 0 Å². The molecule has 18 heavy (non-hydrogen) atoms. The fraction of sp³-hybridized carbons (Fsp3) is 0.273. The minimum atomic E-state index is 0.603. The summed E-state index contributed by atoms with van der Waals surface area (Å²) in [5.41, 5.74) is 1.05. The molecule has 0 atom stereocenters. The van der Waals surface area contributed by atoms with E-state index in [4.69, 9.17) is 17.0 Å². The summed E-state index contributed by atoms with van der Waals surface area (Å²) in [5.74, 6) is 0.836. The topological polar surface area (TPSA) is 42.8 Å². The largest absolute Gasteiger partial charge is 0.383 e. The van der Waals surface area contributed by atoms with Gasteiger partial charge in [-0.15, -0.1) is 0 Å². The quantitative estimate of drug-likeness (QED) is 0.584. The number of nitrogens with one attached hydrogen (secondary N) is 1. The lowest BCUT2D eigenvalue weighted by atomic mass is 10.2. The molecular formula is C11H11BrIN3OS. The molecule has 0 aliphatic carbocycles. The van der Waals surface area contributed by atoms with E-state index in [0.717, 1.165) is 19.4 Å². The van der Waals surface area contributed by atoms with Crippen LogP contribution in [0.2, 0.25) is 0 Å². The van der Waals surface area contributed by atoms with Gasteiger partial charge in [0.2, 0.25) is 0 Å². The first kappa shape index (κ1) is 14.2. The number of aromatic amines is 1. The van der Waals surface area contributed by atoms with E-state index >= 15 is 0 Å². The monoisotopic (exact) mass is 439 g/mol. The average Bonchev–Trinajstić information content (AvgIpc) is 2.71. The van der Waals surface area contributed by atoms with E-state index in [0.29, 0.717) is 17.9 Å². The summed E-state index contributed by atoms with van der Waals surface area (Å²) in [6.45, 7) is 1.29. The van der Waals surface area contributed by atoms with Crippen LogP contribution in [0.5, 0.6) is 0 Å². The Balaban J connectivity index is 2.50. The van der Waals surface area contributed by atoms with Crippen molar-refractivity contribution >= 4 is 50.7 Å². The number of benzene rings is 1. The molecule has 1 N–H and O–H groups in total. The first-order valence-corrected chi connectivity index (χ1v) is 7.51. The molecule has 1 aromatic carbocycles. The smallest absolute Gasteiger partial charge is 0.195 e. The standard InChI is InChI=1S/C11H11BrIN3OS/c1-17-5-4-16-10(14-15-11(16)18)8-6-7(12)2-3-9(8)13/h2-3,6H,4-5H2,1H3,(H,15,18). The molecule has 0 aliphatic rings. The molecule has 0 saturated carbocycles. The van der Waals surface area contributed by atoms with Gasteiger partial charge in [-0.1, -0.05) is 15.9 Å². The van der Waals surface area contributed by atoms with Crippen LogP contribution in [0.4, 0.5) is 0 Å². The molecule has 7 heteroatoms. The summed E-state index contributed by atoms with van der Waals surface area (Å²) in [6, 6.07) is 6.08. The zero-order valence-electron chi connectivity index (χ0n) is 9.61. The minimum absolute atomic E-state index is 0.603. The van der Waals surface area contributed by atoms with Gasteiger partial charge in [0, 0.05) is 20.7 Å². The Morgan fingerprint density at radius 2 is 2.33 bits per heavy atom. The number of hydrogen-bond donors (Lipinski definition) is 1. The maximum absolute atomic E-state index is 5.24. The minimum Gasteiger partial charge on any atom is -0.383 e. The molecule has 96 valence electrons. The second kappa shape index (κ2) is 6.27. The van der Waals surface area contributed by atoms with E-state index in [-0.39, 0.29) is 0 Å². The van der Waals surface area contributed by atoms with Crippen LogP contribution in [0, 0.1) is 8.34 Å². The molecule has 4 nitrogen and oxygen atoms in total. The van der Waals surface area contributed by atoms with Gasteiger partial charge in [0.05, 0.1) is 13.2 Å². The molecule has 0 unspecified atom stereocenters. The SMILES string of the molecule is COCCn1c(-c2cc(Br)ccc2I)n[nH]c1=S. The van der Waals surface area contributed by atoms with Crippen LogP contribution in [0.1, 0.15) is 0 Å². The molecule has 1 heterocycles. The fourth-order valence-corrected chi connectivity index (χ4v) is 2.74. The number of ether oxygens (including phenoxy) is 1. The molecule has 0 amide bonds. The number of hydrogen-bond acceptors (Lipinski definition) is 3. The summed E-state index contributed by atoms with van der Waals surface area (Å²) in [4.78, 5) is 0. The van der Waals surface area contributed by atoms with E-state index in [2.05, 4.69) is 48.7 Å². The molecule has 0 fully saturated rings. The normalized spacial score (nSPS) is 10.8. The van der Waals surface area contributed by atoms with Crippen molar-refractivity contribution in [2.45, 2.75) is 6.54 Å². The van der Waals surface area contributed by atoms with Crippen LogP contribution in [-0.2, 0) is 11.3 Å². The molecule has 0 spiro atoms. The third-order valence-electron chi connectivity index (χ3n) is 2.45. The van der Waals surface area contributed by atoms with Gasteiger partial charge in [-0.05, 0) is 53.0 Å². The number of halogens is 2. The van der Waals surface area contributed by atoms with Crippen molar-refractivity contribution < 1.29 is 4.74 Å². The lowest BCUT2D eigenvalue weighted by molar-refractivity contribution is 0.187. The number of aromatic nitrogens is 3. The lowest BCUT2D eigenvalue weighted by Gasteiger charge is -2.08. The highest BCUT2D eigenvalue weighted by molar-refractivity contribution is 14.1. The molecule has 1 aromatic heterocycles. The Morgan fingerprint density at radius 1 is 1.56 bits per heavy atom. The second-order valence-corrected chi connectivity index (χ2v) is 6.09. The van der Waals surface area contributed by atoms with Crippen LogP contribution in [-0.4, -0.2) is 28.5 Å². The molecule has 2 aromatic rings. The number of nitrogens with zero attached hydrogens (tertiary/aromatic N) is 2. The third-order valence-corrected chi connectivity index (χ3v) is 4.19. The number of rotatable bonds is 4. The molecule has 0 saturated heterocycles. The van der Waals surface area contributed by atoms with Crippen LogP contribution in [0.3, 0.4) is 0 Å². The second-order valence-electron chi connectivity index (χ2n) is 3.62. The predicted molar refractivity (Wildman–Crippen MR) is 85.1 cm³/mol. The maximum atomic E-state index is 5.24. The lowest BCUT2D eigenvalue weighted by Crippen LogP contribution is -2.06. The molecule has 0 bridgehead atoms. The Labute approximate surface area is 132 Å². The van der Waals surface area contributed by atoms with Crippen LogP contribution < -0.4 is 0 Å². The summed E-state index contributed by atoms with van der Waals surface area (Å²) in [5, 5.41) is 7.14. The summed E-state index contributed by atoms with van der Waals surface area (Å²) < 4.78 is 9.80. The van der Waals surface area contributed by atoms with E-state index in [9.17, 15) is 0 Å². The Kier molecular flexibility index (Phi) is 4.93. The maximum Gasteiger partial charge on any atom is 0.195 e. The highest BCUT2D eigenvalue weighted by Crippen LogP contribution is 2.27. The first-order valence-electron chi connectivity index (χ1n) is 5.23. The van der Waals surface area contributed by atoms with Crippen molar-refractivity contribution in [3.8, 4) is 11.4 Å². The van der Waals surface area contributed by atoms with Crippen molar-refractivity contribution in [2.24, 2.45) is 0 Å².